The predicted molar refractivity (Wildman–Crippen MR) is 273 cm³/mol. The van der Waals surface area contributed by atoms with Crippen LogP contribution in [0.3, 0.4) is 0 Å². The Morgan fingerprint density at radius 2 is 1.69 bits per heavy atom. The van der Waals surface area contributed by atoms with Gasteiger partial charge in [-0.15, -0.1) is 0 Å². The first-order valence-electron chi connectivity index (χ1n) is 24.2. The van der Waals surface area contributed by atoms with E-state index in [2.05, 4.69) is 30.9 Å². The number of aromatic carboxylic acids is 1. The van der Waals surface area contributed by atoms with Crippen molar-refractivity contribution < 1.29 is 33.8 Å². The number of rotatable bonds is 14. The van der Waals surface area contributed by atoms with Gasteiger partial charge < -0.3 is 20.1 Å². The van der Waals surface area contributed by atoms with Crippen molar-refractivity contribution in [3.8, 4) is 16.9 Å². The van der Waals surface area contributed by atoms with Gasteiger partial charge in [-0.25, -0.2) is 14.8 Å². The molecule has 71 heavy (non-hydrogen) atoms. The smallest absolute Gasteiger partial charge is 0.355 e. The zero-order chi connectivity index (χ0) is 49.3. The lowest BCUT2D eigenvalue weighted by atomic mass is 9.91. The van der Waals surface area contributed by atoms with Crippen LogP contribution in [0.5, 0.6) is 5.75 Å². The fourth-order valence-electron chi connectivity index (χ4n) is 10.4. The van der Waals surface area contributed by atoms with E-state index in [-0.39, 0.29) is 41.8 Å². The lowest BCUT2D eigenvalue weighted by Gasteiger charge is -2.35. The zero-order valence-electron chi connectivity index (χ0n) is 39.9. The number of aromatic nitrogens is 4. The number of piperidine rings is 2. The summed E-state index contributed by atoms with van der Waals surface area (Å²) in [4.78, 5) is 78.1. The molecule has 0 saturated carbocycles. The second-order valence-electron chi connectivity index (χ2n) is 18.7. The van der Waals surface area contributed by atoms with Crippen LogP contribution in [-0.4, -0.2) is 91.6 Å². The molecule has 2 atom stereocenters. The molecular formula is C54H55N9O7S. The van der Waals surface area contributed by atoms with Crippen LogP contribution in [0.25, 0.3) is 32.2 Å². The van der Waals surface area contributed by atoms with Crippen molar-refractivity contribution in [2.75, 3.05) is 41.8 Å². The molecule has 2 fully saturated rings. The fourth-order valence-corrected chi connectivity index (χ4v) is 11.3. The molecule has 6 heterocycles. The van der Waals surface area contributed by atoms with Gasteiger partial charge in [0.1, 0.15) is 11.6 Å². The number of carboxylic acids is 1. The highest BCUT2D eigenvalue weighted by Gasteiger charge is 2.33. The van der Waals surface area contributed by atoms with Crippen molar-refractivity contribution in [1.82, 2.24) is 30.0 Å². The quantitative estimate of drug-likeness (QED) is 0.0599. The Bertz CT molecular complexity index is 3200. The number of aryl methyl sites for hydroxylation is 1. The number of imide groups is 1. The molecule has 4 amide bonds. The third-order valence-electron chi connectivity index (χ3n) is 14.3. The van der Waals surface area contributed by atoms with Crippen LogP contribution in [0.1, 0.15) is 94.6 Å². The van der Waals surface area contributed by atoms with E-state index in [0.717, 1.165) is 82.1 Å². The van der Waals surface area contributed by atoms with Gasteiger partial charge in [0.2, 0.25) is 17.7 Å². The summed E-state index contributed by atoms with van der Waals surface area (Å²) in [5.41, 5.74) is 7.29. The average Bonchev–Trinajstić information content (AvgIpc) is 3.95. The molecule has 1 unspecified atom stereocenters. The molecule has 4 aromatic carbocycles. The van der Waals surface area contributed by atoms with Gasteiger partial charge >= 0.3 is 5.97 Å². The van der Waals surface area contributed by atoms with E-state index in [1.54, 1.807) is 11.7 Å². The number of likely N-dealkylation sites (tertiary alicyclic amines) is 1. The van der Waals surface area contributed by atoms with Crippen molar-refractivity contribution >= 4 is 78.7 Å². The molecule has 0 spiro atoms. The Morgan fingerprint density at radius 3 is 2.49 bits per heavy atom. The SMILES string of the molecule is Cc1c(OCCCC2CCN([C@H](C)C(=O)Nc3cccc4c(C5CCC(=O)NC5=O)nn(C)c34)CC2)cccc1-c1ccc(N2CCc3cccc(C(=O)Nc4nc5ccccc5s4)c3C2)nc1C(=O)O. The van der Waals surface area contributed by atoms with Crippen LogP contribution in [0, 0.1) is 12.8 Å². The number of hydrogen-bond donors (Lipinski definition) is 4. The number of nitrogens with zero attached hydrogens (tertiary/aromatic N) is 6. The number of hydrogen-bond acceptors (Lipinski definition) is 12. The Hall–Kier alpha value is -7.50. The van der Waals surface area contributed by atoms with E-state index >= 15 is 0 Å². The number of fused-ring (bicyclic) bond motifs is 3. The second-order valence-corrected chi connectivity index (χ2v) is 19.7. The predicted octanol–water partition coefficient (Wildman–Crippen LogP) is 8.49. The minimum absolute atomic E-state index is 0.0556. The number of thiazole rings is 1. The third kappa shape index (κ3) is 9.71. The van der Waals surface area contributed by atoms with E-state index in [1.807, 2.05) is 110 Å². The Labute approximate surface area is 414 Å². The number of carboxylic acid groups (broad SMARTS) is 1. The van der Waals surface area contributed by atoms with Crippen molar-refractivity contribution in [2.45, 2.75) is 77.3 Å². The first-order chi connectivity index (χ1) is 34.4. The maximum atomic E-state index is 13.6. The van der Waals surface area contributed by atoms with Gasteiger partial charge in [-0.2, -0.15) is 5.10 Å². The molecule has 4 N–H and O–H groups in total. The summed E-state index contributed by atoms with van der Waals surface area (Å²) in [5.74, 6) is -0.935. The van der Waals surface area contributed by atoms with Crippen molar-refractivity contribution in [1.29, 1.82) is 0 Å². The van der Waals surface area contributed by atoms with Crippen LogP contribution < -0.4 is 25.6 Å². The minimum atomic E-state index is -1.13. The van der Waals surface area contributed by atoms with Gasteiger partial charge in [0.05, 0.1) is 45.7 Å². The van der Waals surface area contributed by atoms with Crippen molar-refractivity contribution in [3.63, 3.8) is 0 Å². The maximum Gasteiger partial charge on any atom is 0.355 e. The summed E-state index contributed by atoms with van der Waals surface area (Å²) in [6.45, 7) is 6.98. The molecule has 17 heteroatoms. The maximum absolute atomic E-state index is 13.6. The van der Waals surface area contributed by atoms with Crippen LogP contribution in [0.15, 0.2) is 91.0 Å². The standard InChI is InChI=1S/C54H55N9O7S/c1-31-35(36-19-21-45(57-48(36)53(68)69)63-28-25-34-11-6-13-37(40(34)30-63)51(66)59-54-56-41-15-4-5-18-44(41)71-54)12-8-17-43(31)70-29-9-10-33-23-26-62(27-24-33)32(2)50(65)55-42-16-7-14-38-47(60-61(3)49(38)42)39-20-22-46(64)58-52(39)67/h4-8,11-19,21,32-33,39H,9-10,20,22-30H2,1-3H3,(H,55,65)(H,68,69)(H,56,59,66)(H,58,64,67)/t32-,39?/m1/s1. The topological polar surface area (TPSA) is 201 Å². The van der Waals surface area contributed by atoms with Crippen LogP contribution in [0.2, 0.25) is 0 Å². The van der Waals surface area contributed by atoms with Gasteiger partial charge in [-0.05, 0) is 136 Å². The summed E-state index contributed by atoms with van der Waals surface area (Å²) in [5, 5.41) is 25.0. The zero-order valence-corrected chi connectivity index (χ0v) is 40.7. The molecule has 0 aliphatic carbocycles. The number of amides is 4. The second kappa shape index (κ2) is 20.1. The molecule has 16 nitrogen and oxygen atoms in total. The average molecular weight is 974 g/mol. The lowest BCUT2D eigenvalue weighted by molar-refractivity contribution is -0.134. The molecule has 3 aliphatic rings. The summed E-state index contributed by atoms with van der Waals surface area (Å²) in [6, 6.07) is 28.1. The highest BCUT2D eigenvalue weighted by Crippen LogP contribution is 2.37. The molecule has 0 radical (unpaired) electrons. The summed E-state index contributed by atoms with van der Waals surface area (Å²) < 4.78 is 9.02. The van der Waals surface area contributed by atoms with E-state index in [1.165, 1.54) is 11.3 Å². The van der Waals surface area contributed by atoms with Crippen LogP contribution in [0.4, 0.5) is 16.6 Å². The van der Waals surface area contributed by atoms with E-state index in [9.17, 15) is 29.1 Å². The number of para-hydroxylation sites is 2. The van der Waals surface area contributed by atoms with Crippen molar-refractivity contribution in [3.05, 3.63) is 125 Å². The summed E-state index contributed by atoms with van der Waals surface area (Å²) in [7, 11) is 1.79. The Morgan fingerprint density at radius 1 is 0.887 bits per heavy atom. The van der Waals surface area contributed by atoms with E-state index < -0.39 is 11.9 Å². The van der Waals surface area contributed by atoms with Crippen LogP contribution in [-0.2, 0) is 34.4 Å². The van der Waals surface area contributed by atoms with E-state index in [4.69, 9.17) is 9.72 Å². The number of nitrogens with one attached hydrogen (secondary N) is 3. The van der Waals surface area contributed by atoms with Gasteiger partial charge in [0, 0.05) is 43.1 Å². The van der Waals surface area contributed by atoms with Gasteiger partial charge in [-0.3, -0.25) is 39.4 Å². The van der Waals surface area contributed by atoms with E-state index in [0.29, 0.717) is 77.7 Å². The highest BCUT2D eigenvalue weighted by atomic mass is 32.1. The minimum Gasteiger partial charge on any atom is -0.493 e. The lowest BCUT2D eigenvalue weighted by Crippen LogP contribution is -2.46. The Balaban J connectivity index is 0.727. The molecule has 0 bridgehead atoms. The first-order valence-corrected chi connectivity index (χ1v) is 25.1. The number of pyridine rings is 1. The molecular weight excluding hydrogens is 919 g/mol. The number of anilines is 3. The molecule has 364 valence electrons. The van der Waals surface area contributed by atoms with Crippen molar-refractivity contribution in [2.24, 2.45) is 13.0 Å². The fraction of sp³-hybridized carbons (Fsp3) is 0.333. The normalized spacial score (nSPS) is 16.9. The first kappa shape index (κ1) is 47.2. The van der Waals surface area contributed by atoms with Gasteiger partial charge in [0.25, 0.3) is 5.91 Å². The number of carbonyl (C=O) groups is 5. The number of ether oxygens (including phenoxy) is 1. The molecule has 3 aliphatic heterocycles. The molecule has 3 aromatic heterocycles. The van der Waals surface area contributed by atoms with Gasteiger partial charge in [0.15, 0.2) is 10.8 Å². The molecule has 7 aromatic rings. The highest BCUT2D eigenvalue weighted by molar-refractivity contribution is 7.22. The monoisotopic (exact) mass is 973 g/mol. The number of carbonyl (C=O) groups excluding carboxylic acids is 4. The summed E-state index contributed by atoms with van der Waals surface area (Å²) >= 11 is 1.43. The third-order valence-corrected chi connectivity index (χ3v) is 15.3. The Kier molecular flexibility index (Phi) is 13.3. The largest absolute Gasteiger partial charge is 0.493 e. The summed E-state index contributed by atoms with van der Waals surface area (Å²) in [6.07, 6.45) is 5.08. The van der Waals surface area contributed by atoms with Crippen LogP contribution >= 0.6 is 11.3 Å². The van der Waals surface area contributed by atoms with Gasteiger partial charge in [-0.1, -0.05) is 59.9 Å². The molecule has 2 saturated heterocycles. The molecule has 10 rings (SSSR count). The number of benzene rings is 4.